The monoisotopic (exact) mass is 281 g/mol. The quantitative estimate of drug-likeness (QED) is 0.534. The molecule has 2 rings (SSSR count). The molecule has 1 nitrogen and oxygen atoms in total. The Labute approximate surface area is 123 Å². The topological polar surface area (TPSA) is 12.4 Å². The van der Waals surface area contributed by atoms with Crippen LogP contribution in [-0.2, 0) is 0 Å². The molecule has 20 heavy (non-hydrogen) atoms. The molecular formula is C18H23NSi. The van der Waals surface area contributed by atoms with Gasteiger partial charge in [0, 0.05) is 5.33 Å². The lowest BCUT2D eigenvalue weighted by atomic mass is 10.1. The number of hydrogen-bond acceptors (Lipinski definition) is 1. The van der Waals surface area contributed by atoms with Crippen molar-refractivity contribution in [3.05, 3.63) is 65.2 Å². The van der Waals surface area contributed by atoms with Gasteiger partial charge in [-0.3, -0.25) is 4.99 Å². The van der Waals surface area contributed by atoms with Gasteiger partial charge in [0.15, 0.2) is 0 Å². The maximum atomic E-state index is 5.08. The van der Waals surface area contributed by atoms with Crippen molar-refractivity contribution in [1.82, 2.24) is 0 Å². The second kappa shape index (κ2) is 5.76. The third-order valence-electron chi connectivity index (χ3n) is 3.42. The Hall–Kier alpha value is -1.67. The van der Waals surface area contributed by atoms with Crippen LogP contribution < -0.4 is 0 Å². The highest BCUT2D eigenvalue weighted by molar-refractivity contribution is 7.06. The summed E-state index contributed by atoms with van der Waals surface area (Å²) >= 11 is 0. The van der Waals surface area contributed by atoms with Gasteiger partial charge in [-0.2, -0.15) is 0 Å². The average molecular weight is 281 g/mol. The minimum Gasteiger partial charge on any atom is -0.257 e. The third-order valence-corrected chi connectivity index (χ3v) is 5.24. The fourth-order valence-electron chi connectivity index (χ4n) is 2.36. The first kappa shape index (κ1) is 14.7. The van der Waals surface area contributed by atoms with Crippen molar-refractivity contribution < 1.29 is 0 Å². The molecule has 0 N–H and O–H groups in total. The van der Waals surface area contributed by atoms with E-state index in [1.165, 1.54) is 22.0 Å². The zero-order chi connectivity index (χ0) is 14.8. The minimum atomic E-state index is -1.51. The zero-order valence-electron chi connectivity index (χ0n) is 13.1. The molecule has 0 saturated carbocycles. The summed E-state index contributed by atoms with van der Waals surface area (Å²) in [6.07, 6.45) is 0. The molecule has 2 heteroatoms. The van der Waals surface area contributed by atoms with Crippen LogP contribution in [0, 0.1) is 13.8 Å². The molecule has 0 aliphatic rings. The number of nitrogens with zero attached hydrogens (tertiary/aromatic N) is 1. The molecule has 0 heterocycles. The van der Waals surface area contributed by atoms with E-state index in [-0.39, 0.29) is 0 Å². The molecule has 0 saturated heterocycles. The molecular weight excluding hydrogens is 258 g/mol. The van der Waals surface area contributed by atoms with E-state index in [2.05, 4.69) is 82.0 Å². The lowest BCUT2D eigenvalue weighted by Crippen LogP contribution is -2.34. The Morgan fingerprint density at radius 3 is 1.85 bits per heavy atom. The first-order valence-electron chi connectivity index (χ1n) is 7.10. The van der Waals surface area contributed by atoms with E-state index >= 15 is 0 Å². The summed E-state index contributed by atoms with van der Waals surface area (Å²) in [6, 6.07) is 17.0. The van der Waals surface area contributed by atoms with Gasteiger partial charge in [0.05, 0.1) is 5.69 Å². The van der Waals surface area contributed by atoms with Gasteiger partial charge < -0.3 is 0 Å². The zero-order valence-corrected chi connectivity index (χ0v) is 14.1. The Morgan fingerprint density at radius 2 is 1.35 bits per heavy atom. The van der Waals surface area contributed by atoms with Crippen molar-refractivity contribution in [2.24, 2.45) is 4.99 Å². The van der Waals surface area contributed by atoms with Crippen LogP contribution in [0.25, 0.3) is 0 Å². The average Bonchev–Trinajstić information content (AvgIpc) is 2.38. The van der Waals surface area contributed by atoms with E-state index in [0.717, 1.165) is 5.69 Å². The first-order valence-corrected chi connectivity index (χ1v) is 10.6. The van der Waals surface area contributed by atoms with Gasteiger partial charge in [0.2, 0.25) is 0 Å². The van der Waals surface area contributed by atoms with Gasteiger partial charge in [0.1, 0.15) is 8.07 Å². The number of rotatable bonds is 3. The summed E-state index contributed by atoms with van der Waals surface area (Å²) in [4.78, 5) is 5.08. The predicted octanol–water partition coefficient (Wildman–Crippen LogP) is 5.30. The van der Waals surface area contributed by atoms with Gasteiger partial charge in [-0.25, -0.2) is 0 Å². The number of aryl methyl sites for hydroxylation is 2. The molecule has 0 atom stereocenters. The molecule has 0 aromatic heterocycles. The molecule has 0 aliphatic carbocycles. The summed E-state index contributed by atoms with van der Waals surface area (Å²) in [5.74, 6) is 0. The first-order chi connectivity index (χ1) is 9.39. The predicted molar refractivity (Wildman–Crippen MR) is 91.9 cm³/mol. The van der Waals surface area contributed by atoms with Crippen LogP contribution in [0.3, 0.4) is 0 Å². The smallest absolute Gasteiger partial charge is 0.102 e. The van der Waals surface area contributed by atoms with E-state index in [4.69, 9.17) is 4.99 Å². The minimum absolute atomic E-state index is 1.13. The van der Waals surface area contributed by atoms with Crippen LogP contribution in [0.4, 0.5) is 5.69 Å². The van der Waals surface area contributed by atoms with Gasteiger partial charge >= 0.3 is 0 Å². The molecule has 0 fully saturated rings. The second-order valence-corrected chi connectivity index (χ2v) is 11.3. The summed E-state index contributed by atoms with van der Waals surface area (Å²) in [6.45, 7) is 11.3. The molecule has 0 radical (unpaired) electrons. The molecule has 0 bridgehead atoms. The lowest BCUT2D eigenvalue weighted by molar-refractivity contribution is 1.33. The molecule has 104 valence electrons. The van der Waals surface area contributed by atoms with Crippen LogP contribution in [0.5, 0.6) is 0 Å². The maximum Gasteiger partial charge on any atom is 0.102 e. The number of benzene rings is 2. The van der Waals surface area contributed by atoms with Gasteiger partial charge in [0.25, 0.3) is 0 Å². The fourth-order valence-corrected chi connectivity index (χ4v) is 3.84. The van der Waals surface area contributed by atoms with Crippen LogP contribution in [0.15, 0.2) is 53.5 Å². The van der Waals surface area contributed by atoms with E-state index in [1.807, 2.05) is 0 Å². The number of hydrogen-bond donors (Lipinski definition) is 0. The van der Waals surface area contributed by atoms with Crippen molar-refractivity contribution in [2.45, 2.75) is 33.5 Å². The molecule has 0 unspecified atom stereocenters. The van der Waals surface area contributed by atoms with Crippen LogP contribution in [0.1, 0.15) is 16.7 Å². The van der Waals surface area contributed by atoms with Crippen molar-refractivity contribution in [3.63, 3.8) is 0 Å². The number of aliphatic imine (C=N–C) groups is 1. The molecule has 2 aromatic rings. The summed E-state index contributed by atoms with van der Waals surface area (Å²) < 4.78 is 0. The Balaban J connectivity index is 2.62. The second-order valence-electron chi connectivity index (χ2n) is 6.32. The van der Waals surface area contributed by atoms with E-state index in [1.54, 1.807) is 0 Å². The van der Waals surface area contributed by atoms with Crippen LogP contribution >= 0.6 is 0 Å². The molecule has 0 spiro atoms. The largest absolute Gasteiger partial charge is 0.257 e. The summed E-state index contributed by atoms with van der Waals surface area (Å²) in [5, 5.41) is 1.27. The fraction of sp³-hybridized carbons (Fsp3) is 0.278. The van der Waals surface area contributed by atoms with E-state index < -0.39 is 8.07 Å². The number of para-hydroxylation sites is 1. The van der Waals surface area contributed by atoms with Crippen molar-refractivity contribution in [2.75, 3.05) is 0 Å². The van der Waals surface area contributed by atoms with Gasteiger partial charge in [-0.1, -0.05) is 68.2 Å². The Bertz CT molecular complexity index is 601. The summed E-state index contributed by atoms with van der Waals surface area (Å²) in [5.41, 5.74) is 4.89. The van der Waals surface area contributed by atoms with Crippen LogP contribution in [0.2, 0.25) is 19.6 Å². The highest BCUT2D eigenvalue weighted by atomic mass is 28.3. The third kappa shape index (κ3) is 3.25. The van der Waals surface area contributed by atoms with Crippen molar-refractivity contribution >= 4 is 19.1 Å². The molecule has 0 aliphatic heterocycles. The SMILES string of the molecule is Cc1cccc(C)c1N=C(c1ccccc1)[Si](C)(C)C. The normalized spacial score (nSPS) is 12.6. The lowest BCUT2D eigenvalue weighted by Gasteiger charge is -2.21. The molecule has 0 amide bonds. The van der Waals surface area contributed by atoms with E-state index in [9.17, 15) is 0 Å². The Morgan fingerprint density at radius 1 is 0.800 bits per heavy atom. The Kier molecular flexibility index (Phi) is 4.24. The van der Waals surface area contributed by atoms with Gasteiger partial charge in [-0.15, -0.1) is 0 Å². The highest BCUT2D eigenvalue weighted by Crippen LogP contribution is 2.26. The highest BCUT2D eigenvalue weighted by Gasteiger charge is 2.23. The standard InChI is InChI=1S/C18H23NSi/c1-14-10-9-11-15(2)17(14)19-18(20(3,4)5)16-12-7-6-8-13-16/h6-13H,1-5H3. The van der Waals surface area contributed by atoms with Crippen LogP contribution in [-0.4, -0.2) is 13.4 Å². The molecule has 2 aromatic carbocycles. The van der Waals surface area contributed by atoms with Crippen molar-refractivity contribution in [3.8, 4) is 0 Å². The van der Waals surface area contributed by atoms with Gasteiger partial charge in [-0.05, 0) is 30.5 Å². The summed E-state index contributed by atoms with van der Waals surface area (Å²) in [7, 11) is -1.51. The van der Waals surface area contributed by atoms with Crippen molar-refractivity contribution in [1.29, 1.82) is 0 Å². The van der Waals surface area contributed by atoms with E-state index in [0.29, 0.717) is 0 Å². The maximum absolute atomic E-state index is 5.08.